The topological polar surface area (TPSA) is 84.6 Å². The molecule has 4 N–H and O–H groups in total. The number of amides is 1. The zero-order valence-electron chi connectivity index (χ0n) is 5.41. The first kappa shape index (κ1) is 7.30. The van der Waals surface area contributed by atoms with Gasteiger partial charge in [0.2, 0.25) is 0 Å². The zero-order valence-corrected chi connectivity index (χ0v) is 5.41. The van der Waals surface area contributed by atoms with Gasteiger partial charge in [-0.25, -0.2) is 4.79 Å². The number of ether oxygens (including phenoxy) is 1. The maximum absolute atomic E-state index is 10.1. The summed E-state index contributed by atoms with van der Waals surface area (Å²) in [5.74, 6) is 0. The lowest BCUT2D eigenvalue weighted by molar-refractivity contribution is 0.175. The van der Waals surface area contributed by atoms with E-state index in [2.05, 4.69) is 5.32 Å². The van der Waals surface area contributed by atoms with Crippen molar-refractivity contribution >= 4 is 6.09 Å². The number of hydrogen-bond acceptors (Lipinski definition) is 3. The van der Waals surface area contributed by atoms with Gasteiger partial charge in [0.15, 0.2) is 0 Å². The molecule has 0 aliphatic carbocycles. The average molecular weight is 146 g/mol. The Balaban J connectivity index is 2.33. The molecule has 58 valence electrons. The zero-order chi connectivity index (χ0) is 7.56. The molecule has 0 aromatic heterocycles. The molecular formula is C5H10N2O3. The smallest absolute Gasteiger partial charge is 0.405 e. The van der Waals surface area contributed by atoms with Crippen LogP contribution in [0.2, 0.25) is 0 Å². The number of carboxylic acid groups (broad SMARTS) is 1. The van der Waals surface area contributed by atoms with Gasteiger partial charge >= 0.3 is 6.09 Å². The minimum atomic E-state index is -1.05. The van der Waals surface area contributed by atoms with Crippen molar-refractivity contribution in [2.24, 2.45) is 5.73 Å². The molecule has 0 aromatic carbocycles. The molecule has 2 atom stereocenters. The summed E-state index contributed by atoms with van der Waals surface area (Å²) in [5, 5.41) is 10.5. The minimum Gasteiger partial charge on any atom is -0.465 e. The lowest BCUT2D eigenvalue weighted by atomic mass is 10.2. The van der Waals surface area contributed by atoms with Gasteiger partial charge in [0.05, 0.1) is 25.3 Å². The Morgan fingerprint density at radius 1 is 1.70 bits per heavy atom. The van der Waals surface area contributed by atoms with Crippen molar-refractivity contribution in [3.63, 3.8) is 0 Å². The molecule has 0 aromatic rings. The Hall–Kier alpha value is -0.810. The fourth-order valence-electron chi connectivity index (χ4n) is 0.878. The molecule has 1 aliphatic heterocycles. The van der Waals surface area contributed by atoms with Gasteiger partial charge in [-0.2, -0.15) is 0 Å². The Bertz CT molecular complexity index is 139. The molecule has 1 saturated heterocycles. The summed E-state index contributed by atoms with van der Waals surface area (Å²) >= 11 is 0. The van der Waals surface area contributed by atoms with Crippen molar-refractivity contribution < 1.29 is 14.6 Å². The van der Waals surface area contributed by atoms with Crippen LogP contribution in [-0.2, 0) is 4.74 Å². The summed E-state index contributed by atoms with van der Waals surface area (Å²) < 4.78 is 4.92. The second kappa shape index (κ2) is 2.85. The lowest BCUT2D eigenvalue weighted by Crippen LogP contribution is -2.46. The molecule has 0 spiro atoms. The highest BCUT2D eigenvalue weighted by Gasteiger charge is 2.25. The molecule has 0 bridgehead atoms. The molecule has 0 radical (unpaired) electrons. The van der Waals surface area contributed by atoms with E-state index in [1.165, 1.54) is 0 Å². The number of carbonyl (C=O) groups is 1. The third-order valence-corrected chi connectivity index (χ3v) is 1.43. The van der Waals surface area contributed by atoms with Crippen molar-refractivity contribution in [1.82, 2.24) is 5.32 Å². The van der Waals surface area contributed by atoms with Crippen LogP contribution in [0.1, 0.15) is 0 Å². The highest BCUT2D eigenvalue weighted by Crippen LogP contribution is 2.01. The standard InChI is InChI=1S/C5H10N2O3/c6-3-1-10-2-4(3)7-5(8)9/h3-4,7H,1-2,6H2,(H,8,9)/t3-,4-/m1/s1. The fraction of sp³-hybridized carbons (Fsp3) is 0.800. The van der Waals surface area contributed by atoms with Gasteiger partial charge < -0.3 is 20.9 Å². The quantitative estimate of drug-likeness (QED) is 0.442. The van der Waals surface area contributed by atoms with E-state index in [1.807, 2.05) is 0 Å². The minimum absolute atomic E-state index is 0.198. The lowest BCUT2D eigenvalue weighted by Gasteiger charge is -2.11. The van der Waals surface area contributed by atoms with Gasteiger partial charge in [0, 0.05) is 0 Å². The summed E-state index contributed by atoms with van der Waals surface area (Å²) in [6.45, 7) is 0.818. The molecule has 1 amide bonds. The van der Waals surface area contributed by atoms with E-state index in [0.717, 1.165) is 0 Å². The van der Waals surface area contributed by atoms with Crippen molar-refractivity contribution in [1.29, 1.82) is 0 Å². The van der Waals surface area contributed by atoms with E-state index < -0.39 is 6.09 Å². The second-order valence-electron chi connectivity index (χ2n) is 2.26. The van der Waals surface area contributed by atoms with Crippen LogP contribution in [0.3, 0.4) is 0 Å². The Morgan fingerprint density at radius 2 is 2.40 bits per heavy atom. The summed E-state index contributed by atoms with van der Waals surface area (Å²) in [6, 6.07) is -0.436. The van der Waals surface area contributed by atoms with Gasteiger partial charge in [0.25, 0.3) is 0 Å². The number of rotatable bonds is 1. The molecule has 0 saturated carbocycles. The highest BCUT2D eigenvalue weighted by molar-refractivity contribution is 5.65. The first-order chi connectivity index (χ1) is 4.70. The third-order valence-electron chi connectivity index (χ3n) is 1.43. The van der Waals surface area contributed by atoms with Crippen LogP contribution < -0.4 is 11.1 Å². The molecule has 5 nitrogen and oxygen atoms in total. The SMILES string of the molecule is N[C@@H]1COC[C@H]1NC(=O)O. The van der Waals surface area contributed by atoms with Gasteiger partial charge in [-0.1, -0.05) is 0 Å². The van der Waals surface area contributed by atoms with Crippen LogP contribution in [0.25, 0.3) is 0 Å². The van der Waals surface area contributed by atoms with E-state index in [-0.39, 0.29) is 12.1 Å². The molecule has 5 heteroatoms. The second-order valence-corrected chi connectivity index (χ2v) is 2.26. The molecule has 10 heavy (non-hydrogen) atoms. The van der Waals surface area contributed by atoms with Crippen molar-refractivity contribution in [2.75, 3.05) is 13.2 Å². The monoisotopic (exact) mass is 146 g/mol. The van der Waals surface area contributed by atoms with Crippen molar-refractivity contribution in [3.05, 3.63) is 0 Å². The van der Waals surface area contributed by atoms with Crippen LogP contribution in [0.15, 0.2) is 0 Å². The van der Waals surface area contributed by atoms with Crippen LogP contribution in [0.4, 0.5) is 4.79 Å². The normalized spacial score (nSPS) is 32.1. The Labute approximate surface area is 58.2 Å². The largest absolute Gasteiger partial charge is 0.465 e. The van der Waals surface area contributed by atoms with Gasteiger partial charge in [-0.15, -0.1) is 0 Å². The summed E-state index contributed by atoms with van der Waals surface area (Å²) in [4.78, 5) is 10.1. The Kier molecular flexibility index (Phi) is 2.08. The molecule has 1 rings (SSSR count). The van der Waals surface area contributed by atoms with Crippen molar-refractivity contribution in [3.8, 4) is 0 Å². The highest BCUT2D eigenvalue weighted by atomic mass is 16.5. The molecule has 1 aliphatic rings. The number of hydrogen-bond donors (Lipinski definition) is 3. The van der Waals surface area contributed by atoms with E-state index in [0.29, 0.717) is 13.2 Å². The van der Waals surface area contributed by atoms with E-state index in [4.69, 9.17) is 15.6 Å². The molecular weight excluding hydrogens is 136 g/mol. The van der Waals surface area contributed by atoms with E-state index in [1.54, 1.807) is 0 Å². The van der Waals surface area contributed by atoms with Gasteiger partial charge in [0.1, 0.15) is 0 Å². The fourth-order valence-corrected chi connectivity index (χ4v) is 0.878. The molecule has 1 heterocycles. The van der Waals surface area contributed by atoms with Crippen LogP contribution in [-0.4, -0.2) is 36.5 Å². The van der Waals surface area contributed by atoms with E-state index >= 15 is 0 Å². The predicted octanol–water partition coefficient (Wildman–Crippen LogP) is -1.02. The van der Waals surface area contributed by atoms with Crippen molar-refractivity contribution in [2.45, 2.75) is 12.1 Å². The average Bonchev–Trinajstić information content (AvgIpc) is 2.15. The number of nitrogens with two attached hydrogens (primary N) is 1. The summed E-state index contributed by atoms with van der Waals surface area (Å²) in [7, 11) is 0. The van der Waals surface area contributed by atoms with Gasteiger partial charge in [-0.3, -0.25) is 0 Å². The maximum Gasteiger partial charge on any atom is 0.405 e. The van der Waals surface area contributed by atoms with Crippen LogP contribution >= 0.6 is 0 Å². The first-order valence-electron chi connectivity index (χ1n) is 3.03. The van der Waals surface area contributed by atoms with E-state index in [9.17, 15) is 4.79 Å². The van der Waals surface area contributed by atoms with Gasteiger partial charge in [-0.05, 0) is 0 Å². The first-order valence-corrected chi connectivity index (χ1v) is 3.03. The number of nitrogens with one attached hydrogen (secondary N) is 1. The van der Waals surface area contributed by atoms with Crippen LogP contribution in [0.5, 0.6) is 0 Å². The molecule has 1 fully saturated rings. The third kappa shape index (κ3) is 1.58. The molecule has 0 unspecified atom stereocenters. The van der Waals surface area contributed by atoms with Crippen LogP contribution in [0, 0.1) is 0 Å². The maximum atomic E-state index is 10.1. The predicted molar refractivity (Wildman–Crippen MR) is 33.7 cm³/mol. The summed E-state index contributed by atoms with van der Waals surface area (Å²) in [5.41, 5.74) is 5.48. The Morgan fingerprint density at radius 3 is 2.80 bits per heavy atom. The summed E-state index contributed by atoms with van der Waals surface area (Å²) in [6.07, 6.45) is -1.05.